The Morgan fingerprint density at radius 2 is 1.75 bits per heavy atom. The largest absolute Gasteiger partial charge is 0.435 e. The molecule has 70 valence electrons. The molecule has 0 aromatic heterocycles. The van der Waals surface area contributed by atoms with E-state index in [2.05, 4.69) is 11.3 Å². The molecule has 0 aromatic carbocycles. The molecule has 0 atom stereocenters. The summed E-state index contributed by atoms with van der Waals surface area (Å²) >= 11 is 16.7. The van der Waals surface area contributed by atoms with Crippen molar-refractivity contribution in [2.24, 2.45) is 5.41 Å². The van der Waals surface area contributed by atoms with E-state index in [-0.39, 0.29) is 17.6 Å². The van der Waals surface area contributed by atoms with Crippen LogP contribution < -0.4 is 0 Å². The Morgan fingerprint density at radius 3 is 2.00 bits per heavy atom. The SMILES string of the molecule is C=COC(=O)C(CCl)(CCl)CCl. The van der Waals surface area contributed by atoms with Gasteiger partial charge in [0.1, 0.15) is 5.41 Å². The van der Waals surface area contributed by atoms with Gasteiger partial charge in [-0.3, -0.25) is 4.79 Å². The van der Waals surface area contributed by atoms with Crippen molar-refractivity contribution in [3.63, 3.8) is 0 Å². The summed E-state index contributed by atoms with van der Waals surface area (Å²) in [6.07, 6.45) is 1.03. The number of carbonyl (C=O) groups excluding carboxylic acids is 1. The molecule has 0 spiro atoms. The smallest absolute Gasteiger partial charge is 0.320 e. The third-order valence-corrected chi connectivity index (χ3v) is 2.93. The van der Waals surface area contributed by atoms with E-state index in [1.54, 1.807) is 0 Å². The lowest BCUT2D eigenvalue weighted by molar-refractivity contribution is -0.146. The maximum absolute atomic E-state index is 11.2. The van der Waals surface area contributed by atoms with Crippen LogP contribution in [0.5, 0.6) is 0 Å². The number of hydrogen-bond acceptors (Lipinski definition) is 2. The van der Waals surface area contributed by atoms with Gasteiger partial charge in [0.25, 0.3) is 0 Å². The number of esters is 1. The molecule has 0 fully saturated rings. The molecule has 0 aromatic rings. The predicted octanol–water partition coefficient (Wildman–Crippen LogP) is 2.38. The highest BCUT2D eigenvalue weighted by Crippen LogP contribution is 2.25. The van der Waals surface area contributed by atoms with Crippen LogP contribution in [-0.2, 0) is 9.53 Å². The summed E-state index contributed by atoms with van der Waals surface area (Å²) in [5, 5.41) is 0. The minimum Gasteiger partial charge on any atom is -0.435 e. The number of halogens is 3. The molecule has 5 heteroatoms. The van der Waals surface area contributed by atoms with Gasteiger partial charge in [0.2, 0.25) is 0 Å². The van der Waals surface area contributed by atoms with E-state index >= 15 is 0 Å². The van der Waals surface area contributed by atoms with Gasteiger partial charge in [-0.1, -0.05) is 6.58 Å². The zero-order chi connectivity index (χ0) is 9.61. The van der Waals surface area contributed by atoms with Gasteiger partial charge in [-0.05, 0) is 0 Å². The third-order valence-electron chi connectivity index (χ3n) is 1.39. The van der Waals surface area contributed by atoms with Crippen molar-refractivity contribution in [1.29, 1.82) is 0 Å². The quantitative estimate of drug-likeness (QED) is 0.412. The second-order valence-corrected chi connectivity index (χ2v) is 3.05. The van der Waals surface area contributed by atoms with Gasteiger partial charge < -0.3 is 4.74 Å². The third kappa shape index (κ3) is 2.54. The summed E-state index contributed by atoms with van der Waals surface area (Å²) < 4.78 is 4.55. The van der Waals surface area contributed by atoms with Crippen LogP contribution in [0.1, 0.15) is 0 Å². The van der Waals surface area contributed by atoms with Gasteiger partial charge in [0.05, 0.1) is 6.26 Å². The van der Waals surface area contributed by atoms with Gasteiger partial charge in [-0.15, -0.1) is 34.8 Å². The molecule has 0 N–H and O–H groups in total. The maximum Gasteiger partial charge on any atom is 0.320 e. The molecule has 12 heavy (non-hydrogen) atoms. The zero-order valence-corrected chi connectivity index (χ0v) is 8.62. The van der Waals surface area contributed by atoms with Gasteiger partial charge >= 0.3 is 5.97 Å². The van der Waals surface area contributed by atoms with Crippen LogP contribution in [0, 0.1) is 5.41 Å². The van der Waals surface area contributed by atoms with E-state index in [0.717, 1.165) is 6.26 Å². The Bertz CT molecular complexity index is 158. The molecule has 0 saturated carbocycles. The average molecular weight is 232 g/mol. The summed E-state index contributed by atoms with van der Waals surface area (Å²) in [5.41, 5.74) is -1.00. The molecule has 0 aliphatic rings. The van der Waals surface area contributed by atoms with Gasteiger partial charge in [0, 0.05) is 17.6 Å². The second kappa shape index (κ2) is 5.68. The lowest BCUT2D eigenvalue weighted by atomic mass is 9.96. The molecule has 0 unspecified atom stereocenters. The zero-order valence-electron chi connectivity index (χ0n) is 6.36. The summed E-state index contributed by atoms with van der Waals surface area (Å²) in [5.74, 6) is -0.441. The Balaban J connectivity index is 4.46. The van der Waals surface area contributed by atoms with Gasteiger partial charge in [-0.25, -0.2) is 0 Å². The highest BCUT2D eigenvalue weighted by Gasteiger charge is 2.37. The number of alkyl halides is 3. The molecule has 0 aliphatic carbocycles. The van der Waals surface area contributed by atoms with E-state index in [4.69, 9.17) is 34.8 Å². The Hall–Kier alpha value is 0.0800. The Morgan fingerprint density at radius 1 is 1.33 bits per heavy atom. The standard InChI is InChI=1S/C7H9Cl3O2/c1-2-12-6(11)7(3-8,4-9)5-10/h2H,1,3-5H2. The van der Waals surface area contributed by atoms with Crippen LogP contribution in [0.25, 0.3) is 0 Å². The van der Waals surface area contributed by atoms with Crippen LogP contribution in [0.3, 0.4) is 0 Å². The van der Waals surface area contributed by atoms with Gasteiger partial charge in [0.15, 0.2) is 0 Å². The second-order valence-electron chi connectivity index (χ2n) is 2.25. The monoisotopic (exact) mass is 230 g/mol. The molecule has 0 amide bonds. The minimum atomic E-state index is -1.00. The van der Waals surface area contributed by atoms with Crippen molar-refractivity contribution < 1.29 is 9.53 Å². The van der Waals surface area contributed by atoms with Crippen LogP contribution in [0.2, 0.25) is 0 Å². The number of hydrogen-bond donors (Lipinski definition) is 0. The van der Waals surface area contributed by atoms with Crippen molar-refractivity contribution in [2.45, 2.75) is 0 Å². The lowest BCUT2D eigenvalue weighted by Crippen LogP contribution is -2.37. The van der Waals surface area contributed by atoms with Gasteiger partial charge in [-0.2, -0.15) is 0 Å². The van der Waals surface area contributed by atoms with Crippen molar-refractivity contribution in [2.75, 3.05) is 17.6 Å². The summed E-state index contributed by atoms with van der Waals surface area (Å²) in [6, 6.07) is 0. The normalized spacial score (nSPS) is 10.9. The van der Waals surface area contributed by atoms with E-state index in [1.807, 2.05) is 0 Å². The fourth-order valence-corrected chi connectivity index (χ4v) is 1.66. The molecule has 0 heterocycles. The number of carbonyl (C=O) groups is 1. The molecular weight excluding hydrogens is 222 g/mol. The fourth-order valence-electron chi connectivity index (χ4n) is 0.471. The Labute approximate surface area is 86.4 Å². The predicted molar refractivity (Wildman–Crippen MR) is 50.9 cm³/mol. The first kappa shape index (κ1) is 12.1. The molecule has 0 aliphatic heterocycles. The highest BCUT2D eigenvalue weighted by atomic mass is 35.5. The van der Waals surface area contributed by atoms with Crippen LogP contribution in [-0.4, -0.2) is 23.6 Å². The van der Waals surface area contributed by atoms with Crippen LogP contribution in [0.15, 0.2) is 12.8 Å². The molecule has 0 saturated heterocycles. The first-order chi connectivity index (χ1) is 5.66. The summed E-state index contributed by atoms with van der Waals surface area (Å²) in [6.45, 7) is 3.24. The molecule has 0 radical (unpaired) electrons. The van der Waals surface area contributed by atoms with Crippen LogP contribution in [0.4, 0.5) is 0 Å². The Kier molecular flexibility index (Phi) is 5.72. The van der Waals surface area contributed by atoms with Crippen molar-refractivity contribution >= 4 is 40.8 Å². The van der Waals surface area contributed by atoms with E-state index < -0.39 is 11.4 Å². The number of rotatable bonds is 5. The topological polar surface area (TPSA) is 26.3 Å². The minimum absolute atomic E-state index is 0.0344. The first-order valence-electron chi connectivity index (χ1n) is 3.16. The van der Waals surface area contributed by atoms with E-state index in [0.29, 0.717) is 0 Å². The van der Waals surface area contributed by atoms with Crippen molar-refractivity contribution in [3.8, 4) is 0 Å². The van der Waals surface area contributed by atoms with Crippen LogP contribution >= 0.6 is 34.8 Å². The maximum atomic E-state index is 11.2. The molecule has 0 rings (SSSR count). The first-order valence-corrected chi connectivity index (χ1v) is 4.77. The summed E-state index contributed by atoms with van der Waals surface area (Å²) in [7, 11) is 0. The van der Waals surface area contributed by atoms with Crippen molar-refractivity contribution in [1.82, 2.24) is 0 Å². The van der Waals surface area contributed by atoms with E-state index in [1.165, 1.54) is 0 Å². The average Bonchev–Trinajstić information content (AvgIpc) is 2.09. The highest BCUT2D eigenvalue weighted by molar-refractivity contribution is 6.27. The summed E-state index contributed by atoms with van der Waals surface area (Å²) in [4.78, 5) is 11.2. The molecular formula is C7H9Cl3O2. The van der Waals surface area contributed by atoms with E-state index in [9.17, 15) is 4.79 Å². The molecule has 2 nitrogen and oxygen atoms in total. The fraction of sp³-hybridized carbons (Fsp3) is 0.571. The van der Waals surface area contributed by atoms with Crippen molar-refractivity contribution in [3.05, 3.63) is 12.8 Å². The molecule has 0 bridgehead atoms. The lowest BCUT2D eigenvalue weighted by Gasteiger charge is -2.22. The number of ether oxygens (including phenoxy) is 1.